The molecular formula is C23H21N3O6S. The molecule has 1 unspecified atom stereocenters. The molecule has 0 aromatic heterocycles. The molecule has 1 heterocycles. The monoisotopic (exact) mass is 467 g/mol. The zero-order valence-electron chi connectivity index (χ0n) is 17.9. The third-order valence-electron chi connectivity index (χ3n) is 5.39. The molecule has 33 heavy (non-hydrogen) atoms. The largest absolute Gasteiger partial charge is 0.497 e. The number of benzene rings is 3. The highest BCUT2D eigenvalue weighted by atomic mass is 32.2. The quantitative estimate of drug-likeness (QED) is 0.381. The molecule has 0 aliphatic carbocycles. The van der Waals surface area contributed by atoms with Crippen molar-refractivity contribution in [2.75, 3.05) is 14.2 Å². The van der Waals surface area contributed by atoms with Gasteiger partial charge in [0.05, 0.1) is 35.8 Å². The number of non-ortho nitro benzene ring substituents is 1. The Morgan fingerprint density at radius 2 is 1.45 bits per heavy atom. The Morgan fingerprint density at radius 1 is 0.909 bits per heavy atom. The predicted molar refractivity (Wildman–Crippen MR) is 122 cm³/mol. The van der Waals surface area contributed by atoms with E-state index in [1.165, 1.54) is 24.3 Å². The second-order valence-electron chi connectivity index (χ2n) is 7.30. The van der Waals surface area contributed by atoms with E-state index in [-0.39, 0.29) is 10.6 Å². The summed E-state index contributed by atoms with van der Waals surface area (Å²) >= 11 is 0. The normalized spacial score (nSPS) is 15.8. The second kappa shape index (κ2) is 8.91. The van der Waals surface area contributed by atoms with Crippen molar-refractivity contribution in [1.29, 1.82) is 0 Å². The summed E-state index contributed by atoms with van der Waals surface area (Å²) in [6, 6.07) is 18.5. The highest BCUT2D eigenvalue weighted by molar-refractivity contribution is 7.89. The standard InChI is InChI=1S/C23H21N3O6S/c1-31-19-9-3-16(4-10-19)22-15-23(17-5-11-20(32-2)12-6-17)25(24-22)33(29,30)21-13-7-18(8-14-21)26(27)28/h3-14,23H,15H2,1-2H3. The lowest BCUT2D eigenvalue weighted by Crippen LogP contribution is -2.27. The van der Waals surface area contributed by atoms with Crippen LogP contribution in [0.25, 0.3) is 0 Å². The molecule has 3 aromatic carbocycles. The van der Waals surface area contributed by atoms with Gasteiger partial charge in [0.2, 0.25) is 0 Å². The van der Waals surface area contributed by atoms with Crippen LogP contribution in [-0.2, 0) is 10.0 Å². The third kappa shape index (κ3) is 4.37. The summed E-state index contributed by atoms with van der Waals surface area (Å²) in [5.41, 5.74) is 1.93. The molecule has 10 heteroatoms. The van der Waals surface area contributed by atoms with Crippen LogP contribution in [0.5, 0.6) is 11.5 Å². The summed E-state index contributed by atoms with van der Waals surface area (Å²) in [4.78, 5) is 10.3. The van der Waals surface area contributed by atoms with Crippen molar-refractivity contribution < 1.29 is 22.8 Å². The van der Waals surface area contributed by atoms with Gasteiger partial charge >= 0.3 is 0 Å². The van der Waals surface area contributed by atoms with Crippen molar-refractivity contribution in [2.24, 2.45) is 5.10 Å². The number of hydrazone groups is 1. The lowest BCUT2D eigenvalue weighted by atomic mass is 9.99. The maximum Gasteiger partial charge on any atom is 0.279 e. The summed E-state index contributed by atoms with van der Waals surface area (Å²) in [7, 11) is -0.954. The van der Waals surface area contributed by atoms with Crippen LogP contribution in [0.1, 0.15) is 23.6 Å². The first-order chi connectivity index (χ1) is 15.8. The van der Waals surface area contributed by atoms with Crippen LogP contribution >= 0.6 is 0 Å². The molecule has 4 rings (SSSR count). The van der Waals surface area contributed by atoms with Crippen molar-refractivity contribution >= 4 is 21.4 Å². The number of sulfonamides is 1. The van der Waals surface area contributed by atoms with E-state index in [0.717, 1.165) is 15.5 Å². The molecule has 1 aliphatic heterocycles. The third-order valence-corrected chi connectivity index (χ3v) is 7.08. The molecule has 0 fully saturated rings. The number of hydrogen-bond donors (Lipinski definition) is 0. The van der Waals surface area contributed by atoms with Crippen LogP contribution < -0.4 is 9.47 Å². The minimum Gasteiger partial charge on any atom is -0.497 e. The number of nitro benzene ring substituents is 1. The van der Waals surface area contributed by atoms with E-state index in [2.05, 4.69) is 5.10 Å². The first-order valence-corrected chi connectivity index (χ1v) is 11.4. The molecule has 0 amide bonds. The Balaban J connectivity index is 1.75. The van der Waals surface area contributed by atoms with Gasteiger partial charge in [-0.2, -0.15) is 17.9 Å². The minimum atomic E-state index is -4.08. The number of nitrogens with zero attached hydrogens (tertiary/aromatic N) is 3. The molecule has 9 nitrogen and oxygen atoms in total. The van der Waals surface area contributed by atoms with E-state index in [4.69, 9.17) is 9.47 Å². The van der Waals surface area contributed by atoms with Gasteiger partial charge in [0.1, 0.15) is 11.5 Å². The highest BCUT2D eigenvalue weighted by Gasteiger charge is 2.38. The summed E-state index contributed by atoms with van der Waals surface area (Å²) in [5, 5.41) is 15.4. The fourth-order valence-electron chi connectivity index (χ4n) is 3.59. The van der Waals surface area contributed by atoms with Gasteiger partial charge in [-0.1, -0.05) is 12.1 Å². The van der Waals surface area contributed by atoms with Gasteiger partial charge < -0.3 is 9.47 Å². The molecule has 0 bridgehead atoms. The lowest BCUT2D eigenvalue weighted by Gasteiger charge is -2.23. The average molecular weight is 468 g/mol. The second-order valence-corrected chi connectivity index (χ2v) is 9.09. The zero-order valence-corrected chi connectivity index (χ0v) is 18.7. The van der Waals surface area contributed by atoms with Crippen LogP contribution in [0.15, 0.2) is 82.8 Å². The Morgan fingerprint density at radius 3 is 1.97 bits per heavy atom. The SMILES string of the molecule is COc1ccc(C2=NN(S(=O)(=O)c3ccc([N+](=O)[O-])cc3)C(c3ccc(OC)cc3)C2)cc1. The molecule has 0 saturated heterocycles. The molecule has 0 radical (unpaired) electrons. The lowest BCUT2D eigenvalue weighted by molar-refractivity contribution is -0.384. The molecule has 3 aromatic rings. The van der Waals surface area contributed by atoms with Gasteiger partial charge in [-0.05, 0) is 59.7 Å². The van der Waals surface area contributed by atoms with E-state index in [1.807, 2.05) is 12.1 Å². The van der Waals surface area contributed by atoms with Crippen molar-refractivity contribution in [3.63, 3.8) is 0 Å². The number of hydrogen-bond acceptors (Lipinski definition) is 7. The van der Waals surface area contributed by atoms with Gasteiger partial charge in [-0.15, -0.1) is 0 Å². The summed E-state index contributed by atoms with van der Waals surface area (Å²) in [5.74, 6) is 1.33. The molecule has 0 spiro atoms. The van der Waals surface area contributed by atoms with Crippen LogP contribution in [-0.4, -0.2) is 37.7 Å². The van der Waals surface area contributed by atoms with Crippen molar-refractivity contribution in [3.05, 3.63) is 94.0 Å². The van der Waals surface area contributed by atoms with E-state index < -0.39 is 21.0 Å². The fraction of sp³-hybridized carbons (Fsp3) is 0.174. The first kappa shape index (κ1) is 22.3. The Labute approximate surface area is 191 Å². The maximum absolute atomic E-state index is 13.5. The van der Waals surface area contributed by atoms with Gasteiger partial charge in [0.25, 0.3) is 15.7 Å². The Bertz CT molecular complexity index is 1290. The van der Waals surface area contributed by atoms with Crippen molar-refractivity contribution in [3.8, 4) is 11.5 Å². The Kier molecular flexibility index (Phi) is 6.01. The molecule has 1 atom stereocenters. The maximum atomic E-state index is 13.5. The summed E-state index contributed by atoms with van der Waals surface area (Å²) < 4.78 is 38.5. The minimum absolute atomic E-state index is 0.0775. The van der Waals surface area contributed by atoms with Crippen LogP contribution in [0.3, 0.4) is 0 Å². The van der Waals surface area contributed by atoms with Crippen LogP contribution in [0, 0.1) is 10.1 Å². The first-order valence-electron chi connectivity index (χ1n) is 9.98. The van der Waals surface area contributed by atoms with E-state index in [1.54, 1.807) is 50.6 Å². The number of ether oxygens (including phenoxy) is 2. The van der Waals surface area contributed by atoms with Gasteiger partial charge in [-0.25, -0.2) is 0 Å². The Hall–Kier alpha value is -3.92. The van der Waals surface area contributed by atoms with Crippen LogP contribution in [0.4, 0.5) is 5.69 Å². The number of nitro groups is 1. The number of rotatable bonds is 7. The predicted octanol–water partition coefficient (Wildman–Crippen LogP) is 4.15. The number of methoxy groups -OCH3 is 2. The molecule has 170 valence electrons. The molecule has 0 saturated carbocycles. The average Bonchev–Trinajstić information content (AvgIpc) is 3.30. The summed E-state index contributed by atoms with van der Waals surface area (Å²) in [6.45, 7) is 0. The smallest absolute Gasteiger partial charge is 0.279 e. The van der Waals surface area contributed by atoms with Crippen molar-refractivity contribution in [2.45, 2.75) is 17.4 Å². The summed E-state index contributed by atoms with van der Waals surface area (Å²) in [6.07, 6.45) is 0.352. The van der Waals surface area contributed by atoms with Gasteiger partial charge in [0, 0.05) is 18.6 Å². The zero-order chi connectivity index (χ0) is 23.6. The fourth-order valence-corrected chi connectivity index (χ4v) is 5.02. The van der Waals surface area contributed by atoms with Crippen molar-refractivity contribution in [1.82, 2.24) is 4.41 Å². The molecular weight excluding hydrogens is 446 g/mol. The van der Waals surface area contributed by atoms with Gasteiger partial charge in [-0.3, -0.25) is 10.1 Å². The molecule has 1 aliphatic rings. The van der Waals surface area contributed by atoms with E-state index in [9.17, 15) is 18.5 Å². The highest BCUT2D eigenvalue weighted by Crippen LogP contribution is 2.38. The van der Waals surface area contributed by atoms with Crippen LogP contribution in [0.2, 0.25) is 0 Å². The van der Waals surface area contributed by atoms with E-state index in [0.29, 0.717) is 23.6 Å². The van der Waals surface area contributed by atoms with Gasteiger partial charge in [0.15, 0.2) is 0 Å². The topological polar surface area (TPSA) is 111 Å². The molecule has 0 N–H and O–H groups in total. The van der Waals surface area contributed by atoms with E-state index >= 15 is 0 Å².